The highest BCUT2D eigenvalue weighted by Crippen LogP contribution is 2.33. The predicted octanol–water partition coefficient (Wildman–Crippen LogP) is 5.48. The molecule has 0 aliphatic rings. The number of aromatic nitrogens is 3. The summed E-state index contributed by atoms with van der Waals surface area (Å²) in [6, 6.07) is 14.9. The first kappa shape index (κ1) is 26.2. The molecule has 0 atom stereocenters. The van der Waals surface area contributed by atoms with Crippen molar-refractivity contribution in [3.63, 3.8) is 0 Å². The van der Waals surface area contributed by atoms with Crippen LogP contribution in [0.2, 0.25) is 5.02 Å². The van der Waals surface area contributed by atoms with E-state index in [9.17, 15) is 32.3 Å². The van der Waals surface area contributed by atoms with E-state index in [1.54, 1.807) is 6.07 Å². The van der Waals surface area contributed by atoms with Crippen LogP contribution >= 0.6 is 11.6 Å². The summed E-state index contributed by atoms with van der Waals surface area (Å²) in [6.45, 7) is -0.755. The first-order valence-electron chi connectivity index (χ1n) is 11.1. The van der Waals surface area contributed by atoms with E-state index in [1.165, 1.54) is 54.6 Å². The zero-order valence-electron chi connectivity index (χ0n) is 19.2. The number of phenols is 1. The molecule has 0 saturated carbocycles. The predicted molar refractivity (Wildman–Crippen MR) is 129 cm³/mol. The van der Waals surface area contributed by atoms with Crippen LogP contribution in [-0.2, 0) is 30.5 Å². The molecule has 0 spiro atoms. The van der Waals surface area contributed by atoms with Crippen LogP contribution < -0.4 is 5.69 Å². The van der Waals surface area contributed by atoms with Gasteiger partial charge in [-0.25, -0.2) is 13.9 Å². The molecule has 0 amide bonds. The number of rotatable bonds is 8. The molecule has 37 heavy (non-hydrogen) atoms. The van der Waals surface area contributed by atoms with Crippen LogP contribution in [-0.4, -0.2) is 25.2 Å². The van der Waals surface area contributed by atoms with Gasteiger partial charge in [0.05, 0.1) is 17.7 Å². The first-order chi connectivity index (χ1) is 17.5. The van der Waals surface area contributed by atoms with Gasteiger partial charge >= 0.3 is 11.9 Å². The second-order valence-electron chi connectivity index (χ2n) is 8.30. The molecule has 6 nitrogen and oxygen atoms in total. The molecule has 11 heteroatoms. The van der Waals surface area contributed by atoms with Crippen LogP contribution in [0.1, 0.15) is 23.1 Å². The molecule has 0 fully saturated rings. The van der Waals surface area contributed by atoms with Gasteiger partial charge in [0.1, 0.15) is 18.1 Å². The number of hydrogen-bond acceptors (Lipinski definition) is 4. The minimum Gasteiger partial charge on any atom is -0.507 e. The van der Waals surface area contributed by atoms with Crippen molar-refractivity contribution >= 4 is 17.4 Å². The van der Waals surface area contributed by atoms with Crippen LogP contribution in [0, 0.1) is 5.82 Å². The number of aromatic hydroxyl groups is 1. The van der Waals surface area contributed by atoms with Gasteiger partial charge in [0.2, 0.25) is 0 Å². The molecule has 1 heterocycles. The molecule has 0 saturated heterocycles. The van der Waals surface area contributed by atoms with Crippen molar-refractivity contribution in [3.8, 4) is 17.1 Å². The third kappa shape index (κ3) is 5.91. The summed E-state index contributed by atoms with van der Waals surface area (Å²) >= 11 is 5.91. The lowest BCUT2D eigenvalue weighted by atomic mass is 10.0. The fourth-order valence-corrected chi connectivity index (χ4v) is 4.08. The lowest BCUT2D eigenvalue weighted by Gasteiger charge is -2.12. The Kier molecular flexibility index (Phi) is 7.49. The third-order valence-corrected chi connectivity index (χ3v) is 5.97. The van der Waals surface area contributed by atoms with Gasteiger partial charge < -0.3 is 5.11 Å². The Bertz CT molecular complexity index is 1510. The van der Waals surface area contributed by atoms with Crippen molar-refractivity contribution in [2.24, 2.45) is 0 Å². The SMILES string of the molecule is O=C(CCc1ccccc1C(F)(F)F)Cn1nc(-c2ccc(Cl)cc2O)n(Cc2ccccc2F)c1=O. The summed E-state index contributed by atoms with van der Waals surface area (Å²) in [4.78, 5) is 25.8. The van der Waals surface area contributed by atoms with Gasteiger partial charge in [-0.05, 0) is 42.3 Å². The van der Waals surface area contributed by atoms with E-state index in [2.05, 4.69) is 5.10 Å². The van der Waals surface area contributed by atoms with Gasteiger partial charge in [0, 0.05) is 17.0 Å². The number of ketones is 1. The van der Waals surface area contributed by atoms with Gasteiger partial charge in [0.25, 0.3) is 0 Å². The summed E-state index contributed by atoms with van der Waals surface area (Å²) in [6.07, 6.45) is -5.00. The maximum absolute atomic E-state index is 14.3. The van der Waals surface area contributed by atoms with Crippen LogP contribution in [0.15, 0.2) is 71.5 Å². The Morgan fingerprint density at radius 2 is 1.68 bits per heavy atom. The quantitative estimate of drug-likeness (QED) is 0.304. The average molecular weight is 534 g/mol. The maximum Gasteiger partial charge on any atom is 0.416 e. The molecule has 192 valence electrons. The molecule has 0 aliphatic heterocycles. The van der Waals surface area contributed by atoms with E-state index in [0.29, 0.717) is 0 Å². The molecule has 4 rings (SSSR count). The Hall–Kier alpha value is -3.92. The van der Waals surface area contributed by atoms with E-state index in [1.807, 2.05) is 0 Å². The Balaban J connectivity index is 1.64. The molecule has 0 radical (unpaired) electrons. The molecule has 1 N–H and O–H groups in total. The van der Waals surface area contributed by atoms with Crippen molar-refractivity contribution < 1.29 is 27.5 Å². The lowest BCUT2D eigenvalue weighted by Crippen LogP contribution is -2.28. The number of halogens is 5. The maximum atomic E-state index is 14.3. The van der Waals surface area contributed by atoms with E-state index in [0.717, 1.165) is 15.3 Å². The minimum atomic E-state index is -4.56. The number of alkyl halides is 3. The number of hydrogen-bond donors (Lipinski definition) is 1. The number of Topliss-reactive ketones (excluding diaryl/α,β-unsaturated/α-hetero) is 1. The molecular weight excluding hydrogens is 514 g/mol. The highest BCUT2D eigenvalue weighted by Gasteiger charge is 2.32. The van der Waals surface area contributed by atoms with Crippen molar-refractivity contribution in [1.29, 1.82) is 0 Å². The first-order valence-corrected chi connectivity index (χ1v) is 11.5. The fraction of sp³-hybridized carbons (Fsp3) is 0.192. The average Bonchev–Trinajstić information content (AvgIpc) is 3.13. The van der Waals surface area contributed by atoms with Crippen molar-refractivity contribution in [2.45, 2.75) is 32.1 Å². The largest absolute Gasteiger partial charge is 0.507 e. The van der Waals surface area contributed by atoms with Crippen LogP contribution in [0.25, 0.3) is 11.4 Å². The van der Waals surface area contributed by atoms with Gasteiger partial charge in [-0.15, -0.1) is 5.10 Å². The number of phenolic OH excluding ortho intramolecular Hbond substituents is 1. The second kappa shape index (κ2) is 10.6. The Morgan fingerprint density at radius 3 is 2.35 bits per heavy atom. The molecule has 3 aromatic carbocycles. The van der Waals surface area contributed by atoms with E-state index in [4.69, 9.17) is 11.6 Å². The molecule has 1 aromatic heterocycles. The van der Waals surface area contributed by atoms with E-state index in [-0.39, 0.29) is 52.7 Å². The monoisotopic (exact) mass is 533 g/mol. The second-order valence-corrected chi connectivity index (χ2v) is 8.73. The highest BCUT2D eigenvalue weighted by atomic mass is 35.5. The summed E-state index contributed by atoms with van der Waals surface area (Å²) in [5, 5.41) is 14.8. The number of carbonyl (C=O) groups excluding carboxylic acids is 1. The molecule has 0 unspecified atom stereocenters. The topological polar surface area (TPSA) is 77.1 Å². The lowest BCUT2D eigenvalue weighted by molar-refractivity contribution is -0.138. The molecular formula is C26H20ClF4N3O3. The zero-order chi connectivity index (χ0) is 26.7. The number of benzene rings is 3. The highest BCUT2D eigenvalue weighted by molar-refractivity contribution is 6.30. The van der Waals surface area contributed by atoms with Crippen LogP contribution in [0.4, 0.5) is 17.6 Å². The van der Waals surface area contributed by atoms with Gasteiger partial charge in [-0.2, -0.15) is 13.2 Å². The minimum absolute atomic E-state index is 0.0300. The van der Waals surface area contributed by atoms with Gasteiger partial charge in [0.15, 0.2) is 11.6 Å². The molecule has 4 aromatic rings. The number of aryl methyl sites for hydroxylation is 1. The van der Waals surface area contributed by atoms with Crippen molar-refractivity contribution in [1.82, 2.24) is 14.3 Å². The van der Waals surface area contributed by atoms with E-state index < -0.39 is 35.6 Å². The Morgan fingerprint density at radius 1 is 1.00 bits per heavy atom. The smallest absolute Gasteiger partial charge is 0.416 e. The fourth-order valence-electron chi connectivity index (χ4n) is 3.91. The summed E-state index contributed by atoms with van der Waals surface area (Å²) in [5.74, 6) is -1.40. The molecule has 0 bridgehead atoms. The van der Waals surface area contributed by atoms with Gasteiger partial charge in [-0.3, -0.25) is 9.36 Å². The zero-order valence-corrected chi connectivity index (χ0v) is 19.9. The number of nitrogens with zero attached hydrogens (tertiary/aromatic N) is 3. The van der Waals surface area contributed by atoms with Crippen LogP contribution in [0.5, 0.6) is 5.75 Å². The van der Waals surface area contributed by atoms with E-state index >= 15 is 0 Å². The van der Waals surface area contributed by atoms with Gasteiger partial charge in [-0.1, -0.05) is 48.0 Å². The molecule has 0 aliphatic carbocycles. The summed E-state index contributed by atoms with van der Waals surface area (Å²) in [7, 11) is 0. The normalized spacial score (nSPS) is 11.6. The third-order valence-electron chi connectivity index (χ3n) is 5.73. The number of carbonyl (C=O) groups is 1. The summed E-state index contributed by atoms with van der Waals surface area (Å²) < 4.78 is 56.0. The van der Waals surface area contributed by atoms with Crippen molar-refractivity contribution in [2.75, 3.05) is 0 Å². The standard InChI is InChI=1S/C26H20ClF4N3O3/c27-18-10-12-20(23(36)13-18)24-32-34(25(37)33(24)14-17-6-2-4-8-22(17)28)15-19(35)11-9-16-5-1-3-7-21(16)26(29,30)31/h1-8,10,12-13,36H,9,11,14-15H2. The van der Waals surface area contributed by atoms with Crippen molar-refractivity contribution in [3.05, 3.63) is 105 Å². The van der Waals surface area contributed by atoms with Crippen LogP contribution in [0.3, 0.4) is 0 Å². The summed E-state index contributed by atoms with van der Waals surface area (Å²) in [5.41, 5.74) is -1.31. The Labute approximate surface area is 213 Å².